The number of ether oxygens (including phenoxy) is 7. The molecule has 0 saturated heterocycles. The van der Waals surface area contributed by atoms with Crippen molar-refractivity contribution in [1.82, 2.24) is 0 Å². The monoisotopic (exact) mass is 659 g/mol. The molecule has 1 unspecified atom stereocenters. The molecule has 0 aliphatic heterocycles. The van der Waals surface area contributed by atoms with Crippen molar-refractivity contribution in [2.75, 3.05) is 20.8 Å². The normalized spacial score (nSPS) is 20.8. The van der Waals surface area contributed by atoms with Crippen molar-refractivity contribution in [3.8, 4) is 0 Å². The van der Waals surface area contributed by atoms with Crippen molar-refractivity contribution < 1.29 is 71.6 Å². The summed E-state index contributed by atoms with van der Waals surface area (Å²) in [5.41, 5.74) is -1.43. The first kappa shape index (κ1) is 39.5. The molecule has 7 atom stereocenters. The van der Waals surface area contributed by atoms with Crippen LogP contribution in [0, 0.1) is 22.0 Å². The summed E-state index contributed by atoms with van der Waals surface area (Å²) in [5, 5.41) is 13.3. The van der Waals surface area contributed by atoms with Crippen LogP contribution >= 0.6 is 0 Å². The Morgan fingerprint density at radius 3 is 1.74 bits per heavy atom. The molecule has 0 saturated carbocycles. The largest absolute Gasteiger partial charge is 0.469 e. The van der Waals surface area contributed by atoms with E-state index in [4.69, 9.17) is 33.2 Å². The first-order valence-corrected chi connectivity index (χ1v) is 14.1. The van der Waals surface area contributed by atoms with Gasteiger partial charge in [-0.25, -0.2) is 0 Å². The van der Waals surface area contributed by atoms with Gasteiger partial charge in [0.25, 0.3) is 0 Å². The minimum Gasteiger partial charge on any atom is -0.469 e. The van der Waals surface area contributed by atoms with Gasteiger partial charge in [0.1, 0.15) is 12.5 Å². The van der Waals surface area contributed by atoms with Gasteiger partial charge in [0, 0.05) is 46.0 Å². The molecule has 0 heterocycles. The zero-order chi connectivity index (χ0) is 35.5. The topological polar surface area (TPSA) is 227 Å². The number of nitrogens with zero attached hydrogens (tertiary/aromatic N) is 1. The van der Waals surface area contributed by atoms with Crippen molar-refractivity contribution in [3.05, 3.63) is 21.3 Å². The lowest BCUT2D eigenvalue weighted by atomic mass is 9.61. The Bertz CT molecular complexity index is 1240. The van der Waals surface area contributed by atoms with E-state index in [2.05, 4.69) is 0 Å². The van der Waals surface area contributed by atoms with Crippen LogP contribution in [0.5, 0.6) is 0 Å². The zero-order valence-electron chi connectivity index (χ0n) is 27.3. The Kier molecular flexibility index (Phi) is 14.8. The van der Waals surface area contributed by atoms with Crippen LogP contribution in [0.3, 0.4) is 0 Å². The average Bonchev–Trinajstić information content (AvgIpc) is 2.94. The van der Waals surface area contributed by atoms with E-state index in [0.717, 1.165) is 48.8 Å². The fourth-order valence-electron chi connectivity index (χ4n) is 5.59. The molecular weight excluding hydrogens is 618 g/mol. The van der Waals surface area contributed by atoms with Crippen LogP contribution in [0.2, 0.25) is 0 Å². The highest BCUT2D eigenvalue weighted by Crippen LogP contribution is 2.49. The van der Waals surface area contributed by atoms with Crippen LogP contribution in [0.1, 0.15) is 67.7 Å². The van der Waals surface area contributed by atoms with Gasteiger partial charge in [-0.1, -0.05) is 11.1 Å². The summed E-state index contributed by atoms with van der Waals surface area (Å²) in [7, 11) is 1.98. The summed E-state index contributed by atoms with van der Waals surface area (Å²) in [5.74, 6) is -10.4. The van der Waals surface area contributed by atoms with Gasteiger partial charge < -0.3 is 33.2 Å². The predicted octanol–water partition coefficient (Wildman–Crippen LogP) is 1.39. The number of hydrogen-bond acceptors (Lipinski definition) is 16. The maximum absolute atomic E-state index is 13.3. The van der Waals surface area contributed by atoms with Crippen LogP contribution in [0.15, 0.2) is 11.1 Å². The minimum atomic E-state index is -2.48. The smallest absolute Gasteiger partial charge is 0.316 e. The third-order valence-corrected chi connectivity index (χ3v) is 7.56. The van der Waals surface area contributed by atoms with Crippen molar-refractivity contribution in [1.29, 1.82) is 0 Å². The summed E-state index contributed by atoms with van der Waals surface area (Å²) in [6.45, 7) is 7.36. The predicted molar refractivity (Wildman–Crippen MR) is 152 cm³/mol. The second-order valence-corrected chi connectivity index (χ2v) is 10.8. The third kappa shape index (κ3) is 10.2. The molecule has 1 rings (SSSR count). The zero-order valence-corrected chi connectivity index (χ0v) is 27.3. The van der Waals surface area contributed by atoms with Gasteiger partial charge in [-0.2, -0.15) is 0 Å². The molecule has 258 valence electrons. The number of methoxy groups -OCH3 is 2. The summed E-state index contributed by atoms with van der Waals surface area (Å²) in [4.78, 5) is 99.5. The summed E-state index contributed by atoms with van der Waals surface area (Å²) < 4.78 is 36.5. The van der Waals surface area contributed by atoms with Gasteiger partial charge in [0.2, 0.25) is 5.54 Å². The van der Waals surface area contributed by atoms with Gasteiger partial charge >= 0.3 is 41.8 Å². The fourth-order valence-corrected chi connectivity index (χ4v) is 5.59. The first-order chi connectivity index (χ1) is 21.3. The van der Waals surface area contributed by atoms with Gasteiger partial charge in [-0.3, -0.25) is 43.7 Å². The number of rotatable bonds is 15. The quantitative estimate of drug-likeness (QED) is 0.0795. The lowest BCUT2D eigenvalue weighted by Gasteiger charge is -2.46. The van der Waals surface area contributed by atoms with Gasteiger partial charge in [-0.05, 0) is 20.3 Å². The number of carbonyl (C=O) groups is 7. The van der Waals surface area contributed by atoms with Crippen LogP contribution in [0.4, 0.5) is 0 Å². The SMILES string of the molecule is COC(=O)CC(C(=O)OC)[C@@]1([N+](=O)[O-])CC(C)=C(C)C[C@@H]1[C@H](OC(C)=O)[C@@H](OC(C)=O)[C@@H](OC(C)=O)[C@@H](COC(C)=O)OC(C)=O. The molecule has 17 heteroatoms. The standard InChI is InChI=1S/C29H41NO16/c1-14-10-21(29(30(38)39,12-15(14)2)22(28(37)41-9)11-24(36)40-8)25(44-18(5)33)27(46-20(7)35)26(45-19(6)34)23(43-17(4)32)13-42-16(3)31/h21-23,25-27H,10-13H2,1-9H3/t21-,22?,23-,25+,26+,27-,29-/m1/s1. The molecule has 1 aliphatic carbocycles. The Balaban J connectivity index is 4.26. The molecule has 0 bridgehead atoms. The summed E-state index contributed by atoms with van der Waals surface area (Å²) in [6.07, 6.45) is -8.98. The van der Waals surface area contributed by atoms with Crippen LogP contribution < -0.4 is 0 Å². The van der Waals surface area contributed by atoms with Gasteiger partial charge in [-0.15, -0.1) is 0 Å². The van der Waals surface area contributed by atoms with E-state index in [0.29, 0.717) is 11.1 Å². The van der Waals surface area contributed by atoms with E-state index in [1.54, 1.807) is 13.8 Å². The van der Waals surface area contributed by atoms with E-state index >= 15 is 0 Å². The van der Waals surface area contributed by atoms with Crippen LogP contribution in [0.25, 0.3) is 0 Å². The van der Waals surface area contributed by atoms with Crippen molar-refractivity contribution in [3.63, 3.8) is 0 Å². The highest BCUT2D eigenvalue weighted by molar-refractivity contribution is 5.81. The van der Waals surface area contributed by atoms with Gasteiger partial charge in [0.05, 0.1) is 26.6 Å². The number of carbonyl (C=O) groups excluding carboxylic acids is 7. The van der Waals surface area contributed by atoms with E-state index in [1.165, 1.54) is 0 Å². The van der Waals surface area contributed by atoms with E-state index in [-0.39, 0.29) is 6.42 Å². The molecule has 0 aromatic rings. The lowest BCUT2D eigenvalue weighted by molar-refractivity contribution is -0.593. The molecule has 0 aromatic carbocycles. The average molecular weight is 660 g/mol. The fraction of sp³-hybridized carbons (Fsp3) is 0.690. The third-order valence-electron chi connectivity index (χ3n) is 7.56. The number of hydrogen-bond donors (Lipinski definition) is 0. The maximum Gasteiger partial charge on any atom is 0.316 e. The number of nitro groups is 1. The van der Waals surface area contributed by atoms with E-state index < -0.39 is 108 Å². The summed E-state index contributed by atoms with van der Waals surface area (Å²) >= 11 is 0. The molecule has 17 nitrogen and oxygen atoms in total. The molecule has 0 N–H and O–H groups in total. The number of esters is 7. The van der Waals surface area contributed by atoms with Crippen LogP contribution in [-0.4, -0.2) is 97.5 Å². The Morgan fingerprint density at radius 1 is 0.783 bits per heavy atom. The van der Waals surface area contributed by atoms with Crippen molar-refractivity contribution in [2.24, 2.45) is 11.8 Å². The number of allylic oxidation sites excluding steroid dienone is 1. The Labute approximate surface area is 265 Å². The minimum absolute atomic E-state index is 0.258. The lowest BCUT2D eigenvalue weighted by Crippen LogP contribution is -2.64. The maximum atomic E-state index is 13.3. The molecule has 1 aliphatic rings. The van der Waals surface area contributed by atoms with E-state index in [9.17, 15) is 43.7 Å². The molecule has 0 aromatic heterocycles. The molecule has 0 amide bonds. The second kappa shape index (κ2) is 17.2. The van der Waals surface area contributed by atoms with Gasteiger partial charge in [0.15, 0.2) is 24.4 Å². The van der Waals surface area contributed by atoms with Crippen molar-refractivity contribution >= 4 is 41.8 Å². The molecule has 0 spiro atoms. The Hall–Kier alpha value is -4.57. The second-order valence-electron chi connectivity index (χ2n) is 10.8. The van der Waals surface area contributed by atoms with Crippen LogP contribution in [-0.2, 0) is 66.7 Å². The van der Waals surface area contributed by atoms with E-state index in [1.807, 2.05) is 0 Å². The highest BCUT2D eigenvalue weighted by atomic mass is 16.6. The summed E-state index contributed by atoms with van der Waals surface area (Å²) in [6, 6.07) is 0. The Morgan fingerprint density at radius 2 is 1.30 bits per heavy atom. The highest BCUT2D eigenvalue weighted by Gasteiger charge is 2.66. The first-order valence-electron chi connectivity index (χ1n) is 14.1. The molecule has 46 heavy (non-hydrogen) atoms. The van der Waals surface area contributed by atoms with Crippen molar-refractivity contribution in [2.45, 2.75) is 97.7 Å². The molecule has 0 fully saturated rings. The molecular formula is C29H41NO16. The molecule has 0 radical (unpaired) electrons.